The fraction of sp³-hybridized carbons (Fsp3) is 0.636. The normalized spacial score (nSPS) is 39.2. The standard InChI is InChI=1S/C11H14BrF/c1-8-4-2-5-9-6-3-7-11(12,13)10(8)9/h3,6,8H,2,4-5,7H2,1H3. The van der Waals surface area contributed by atoms with Crippen LogP contribution in [0.4, 0.5) is 4.39 Å². The number of halogens is 2. The van der Waals surface area contributed by atoms with Gasteiger partial charge in [-0.25, -0.2) is 4.39 Å². The maximum absolute atomic E-state index is 14.1. The summed E-state index contributed by atoms with van der Waals surface area (Å²) in [5.74, 6) is 0.401. The van der Waals surface area contributed by atoms with Gasteiger partial charge in [-0.3, -0.25) is 0 Å². The van der Waals surface area contributed by atoms with Crippen molar-refractivity contribution < 1.29 is 4.39 Å². The minimum atomic E-state index is -1.25. The summed E-state index contributed by atoms with van der Waals surface area (Å²) in [5.41, 5.74) is 2.23. The molecule has 0 aromatic heterocycles. The molecule has 0 saturated heterocycles. The summed E-state index contributed by atoms with van der Waals surface area (Å²) >= 11 is 3.20. The predicted molar refractivity (Wildman–Crippen MR) is 56.6 cm³/mol. The Hall–Kier alpha value is -0.110. The van der Waals surface area contributed by atoms with Crippen LogP contribution in [0.5, 0.6) is 0 Å². The third kappa shape index (κ3) is 1.61. The van der Waals surface area contributed by atoms with Crippen molar-refractivity contribution in [3.63, 3.8) is 0 Å². The molecule has 72 valence electrons. The molecule has 2 aliphatic rings. The Morgan fingerprint density at radius 1 is 1.62 bits per heavy atom. The summed E-state index contributed by atoms with van der Waals surface area (Å²) in [7, 11) is 0. The van der Waals surface area contributed by atoms with Gasteiger partial charge in [-0.2, -0.15) is 0 Å². The molecular formula is C11H14BrF. The molecule has 0 nitrogen and oxygen atoms in total. The summed E-state index contributed by atoms with van der Waals surface area (Å²) in [6.45, 7) is 2.13. The van der Waals surface area contributed by atoms with Gasteiger partial charge in [0.1, 0.15) is 0 Å². The summed E-state index contributed by atoms with van der Waals surface area (Å²) in [5, 5.41) is 0. The number of hydrogen-bond donors (Lipinski definition) is 0. The van der Waals surface area contributed by atoms with Crippen molar-refractivity contribution in [2.24, 2.45) is 5.92 Å². The van der Waals surface area contributed by atoms with Crippen LogP contribution in [0.2, 0.25) is 0 Å². The predicted octanol–water partition coefficient (Wildman–Crippen LogP) is 4.12. The van der Waals surface area contributed by atoms with Crippen molar-refractivity contribution in [2.75, 3.05) is 0 Å². The number of allylic oxidation sites excluding steroid dienone is 4. The SMILES string of the molecule is CC1CCCC2=C1C(F)(Br)CC=C2. The smallest absolute Gasteiger partial charge is 0.190 e. The van der Waals surface area contributed by atoms with Crippen LogP contribution >= 0.6 is 15.9 Å². The molecular weight excluding hydrogens is 231 g/mol. The van der Waals surface area contributed by atoms with Crippen molar-refractivity contribution in [1.29, 1.82) is 0 Å². The summed E-state index contributed by atoms with van der Waals surface area (Å²) in [6.07, 6.45) is 7.90. The molecule has 2 heteroatoms. The molecule has 0 fully saturated rings. The third-order valence-electron chi connectivity index (χ3n) is 3.01. The molecule has 0 saturated carbocycles. The average Bonchev–Trinajstić information content (AvgIpc) is 2.02. The second-order valence-electron chi connectivity index (χ2n) is 4.04. The Morgan fingerprint density at radius 2 is 2.38 bits per heavy atom. The Kier molecular flexibility index (Phi) is 2.35. The molecule has 2 atom stereocenters. The fourth-order valence-electron chi connectivity index (χ4n) is 2.42. The molecule has 2 aliphatic carbocycles. The van der Waals surface area contributed by atoms with Gasteiger partial charge in [0, 0.05) is 6.42 Å². The fourth-order valence-corrected chi connectivity index (χ4v) is 3.25. The van der Waals surface area contributed by atoms with Gasteiger partial charge < -0.3 is 0 Å². The zero-order valence-corrected chi connectivity index (χ0v) is 9.40. The van der Waals surface area contributed by atoms with E-state index in [-0.39, 0.29) is 0 Å². The van der Waals surface area contributed by atoms with Crippen molar-refractivity contribution in [1.82, 2.24) is 0 Å². The highest BCUT2D eigenvalue weighted by Crippen LogP contribution is 2.46. The lowest BCUT2D eigenvalue weighted by molar-refractivity contribution is 0.305. The van der Waals surface area contributed by atoms with Crippen molar-refractivity contribution in [2.45, 2.75) is 37.2 Å². The molecule has 0 amide bonds. The van der Waals surface area contributed by atoms with E-state index in [2.05, 4.69) is 28.9 Å². The van der Waals surface area contributed by atoms with E-state index in [1.807, 2.05) is 6.08 Å². The van der Waals surface area contributed by atoms with Crippen molar-refractivity contribution in [3.05, 3.63) is 23.3 Å². The highest BCUT2D eigenvalue weighted by Gasteiger charge is 2.38. The van der Waals surface area contributed by atoms with Crippen molar-refractivity contribution >= 4 is 15.9 Å². The Morgan fingerprint density at radius 3 is 3.08 bits per heavy atom. The second kappa shape index (κ2) is 3.23. The van der Waals surface area contributed by atoms with Crippen LogP contribution in [-0.4, -0.2) is 4.58 Å². The molecule has 0 N–H and O–H groups in total. The zero-order valence-electron chi connectivity index (χ0n) is 7.82. The largest absolute Gasteiger partial charge is 0.226 e. The maximum Gasteiger partial charge on any atom is 0.190 e. The third-order valence-corrected chi connectivity index (χ3v) is 3.76. The lowest BCUT2D eigenvalue weighted by Crippen LogP contribution is -2.27. The monoisotopic (exact) mass is 244 g/mol. The molecule has 0 aromatic rings. The minimum absolute atomic E-state index is 0.401. The molecule has 13 heavy (non-hydrogen) atoms. The van der Waals surface area contributed by atoms with E-state index in [4.69, 9.17) is 0 Å². The van der Waals surface area contributed by atoms with Crippen LogP contribution in [0.3, 0.4) is 0 Å². The topological polar surface area (TPSA) is 0 Å². The molecule has 0 aliphatic heterocycles. The Balaban J connectivity index is 2.42. The Labute approximate surface area is 87.0 Å². The first-order chi connectivity index (χ1) is 6.11. The van der Waals surface area contributed by atoms with Gasteiger partial charge in [0.15, 0.2) is 4.58 Å². The second-order valence-corrected chi connectivity index (χ2v) is 5.30. The van der Waals surface area contributed by atoms with E-state index < -0.39 is 4.58 Å². The molecule has 0 heterocycles. The first-order valence-corrected chi connectivity index (χ1v) is 5.68. The van der Waals surface area contributed by atoms with E-state index in [9.17, 15) is 4.39 Å². The van der Waals surface area contributed by atoms with Crippen LogP contribution in [0, 0.1) is 5.92 Å². The van der Waals surface area contributed by atoms with Crippen LogP contribution in [0.1, 0.15) is 32.6 Å². The van der Waals surface area contributed by atoms with E-state index in [0.717, 1.165) is 18.4 Å². The zero-order chi connectivity index (χ0) is 9.47. The molecule has 0 bridgehead atoms. The lowest BCUT2D eigenvalue weighted by Gasteiger charge is -2.34. The number of rotatable bonds is 0. The first kappa shape index (κ1) is 9.45. The van der Waals surface area contributed by atoms with Gasteiger partial charge in [0.2, 0.25) is 0 Å². The molecule has 2 rings (SSSR count). The lowest BCUT2D eigenvalue weighted by atomic mass is 9.78. The first-order valence-electron chi connectivity index (χ1n) is 4.89. The van der Waals surface area contributed by atoms with Gasteiger partial charge in [-0.15, -0.1) is 0 Å². The molecule has 0 aromatic carbocycles. The minimum Gasteiger partial charge on any atom is -0.226 e. The number of alkyl halides is 2. The molecule has 0 spiro atoms. The maximum atomic E-state index is 14.1. The van der Waals surface area contributed by atoms with Gasteiger partial charge in [0.25, 0.3) is 0 Å². The van der Waals surface area contributed by atoms with Gasteiger partial charge in [-0.1, -0.05) is 19.1 Å². The summed E-state index contributed by atoms with van der Waals surface area (Å²) in [4.78, 5) is 0. The van der Waals surface area contributed by atoms with E-state index >= 15 is 0 Å². The number of hydrogen-bond acceptors (Lipinski definition) is 0. The van der Waals surface area contributed by atoms with Crippen LogP contribution in [-0.2, 0) is 0 Å². The average molecular weight is 245 g/mol. The summed E-state index contributed by atoms with van der Waals surface area (Å²) in [6, 6.07) is 0. The quantitative estimate of drug-likeness (QED) is 0.563. The van der Waals surface area contributed by atoms with E-state index in [0.29, 0.717) is 12.3 Å². The van der Waals surface area contributed by atoms with Gasteiger partial charge in [0.05, 0.1) is 0 Å². The van der Waals surface area contributed by atoms with Gasteiger partial charge in [-0.05, 0) is 52.3 Å². The van der Waals surface area contributed by atoms with E-state index in [1.54, 1.807) is 0 Å². The van der Waals surface area contributed by atoms with Crippen LogP contribution < -0.4 is 0 Å². The van der Waals surface area contributed by atoms with Gasteiger partial charge >= 0.3 is 0 Å². The molecule has 0 radical (unpaired) electrons. The van der Waals surface area contributed by atoms with Crippen LogP contribution in [0.15, 0.2) is 23.3 Å². The summed E-state index contributed by atoms with van der Waals surface area (Å²) < 4.78 is 12.8. The van der Waals surface area contributed by atoms with E-state index in [1.165, 1.54) is 12.0 Å². The Bertz CT molecular complexity index is 276. The highest BCUT2D eigenvalue weighted by molar-refractivity contribution is 9.10. The van der Waals surface area contributed by atoms with Crippen molar-refractivity contribution in [3.8, 4) is 0 Å². The highest BCUT2D eigenvalue weighted by atomic mass is 79.9. The molecule has 2 unspecified atom stereocenters. The van der Waals surface area contributed by atoms with Crippen LogP contribution in [0.25, 0.3) is 0 Å².